The van der Waals surface area contributed by atoms with Crippen LogP contribution in [-0.4, -0.2) is 62.2 Å². The van der Waals surface area contributed by atoms with E-state index in [9.17, 15) is 4.79 Å². The van der Waals surface area contributed by atoms with E-state index in [1.54, 1.807) is 0 Å². The van der Waals surface area contributed by atoms with Gasteiger partial charge in [-0.3, -0.25) is 9.69 Å². The molecular formula is C24H36N4O. The van der Waals surface area contributed by atoms with Gasteiger partial charge in [-0.05, 0) is 95.8 Å². The smallest absolute Gasteiger partial charge is 0.233 e. The number of rotatable bonds is 3. The summed E-state index contributed by atoms with van der Waals surface area (Å²) in [6.07, 6.45) is 8.14. The molecule has 5 heteroatoms. The van der Waals surface area contributed by atoms with Crippen molar-refractivity contribution in [1.29, 1.82) is 0 Å². The van der Waals surface area contributed by atoms with Gasteiger partial charge in [-0.2, -0.15) is 0 Å². The summed E-state index contributed by atoms with van der Waals surface area (Å²) in [5.74, 6) is 0.363. The van der Waals surface area contributed by atoms with E-state index in [0.717, 1.165) is 70.1 Å². The van der Waals surface area contributed by atoms with Crippen LogP contribution in [0.2, 0.25) is 0 Å². The van der Waals surface area contributed by atoms with Crippen molar-refractivity contribution in [3.05, 3.63) is 24.3 Å². The molecular weight excluding hydrogens is 360 g/mol. The van der Waals surface area contributed by atoms with Crippen molar-refractivity contribution in [3.8, 4) is 0 Å². The molecule has 1 aromatic carbocycles. The van der Waals surface area contributed by atoms with Gasteiger partial charge in [0.1, 0.15) is 0 Å². The molecule has 2 atom stereocenters. The average Bonchev–Trinajstić information content (AvgIpc) is 3.40. The molecule has 4 saturated heterocycles. The largest absolute Gasteiger partial charge is 0.370 e. The van der Waals surface area contributed by atoms with Crippen LogP contribution in [0, 0.1) is 5.41 Å². The Labute approximate surface area is 175 Å². The molecule has 4 aliphatic heterocycles. The minimum atomic E-state index is -0.114. The van der Waals surface area contributed by atoms with E-state index in [1.807, 2.05) is 0 Å². The highest BCUT2D eigenvalue weighted by Crippen LogP contribution is 2.41. The van der Waals surface area contributed by atoms with Gasteiger partial charge in [0.2, 0.25) is 5.91 Å². The highest BCUT2D eigenvalue weighted by molar-refractivity contribution is 5.98. The molecule has 4 aliphatic rings. The van der Waals surface area contributed by atoms with Crippen molar-refractivity contribution >= 4 is 17.3 Å². The molecule has 5 rings (SSSR count). The molecule has 0 unspecified atom stereocenters. The summed E-state index contributed by atoms with van der Waals surface area (Å²) in [6.45, 7) is 8.76. The molecule has 0 saturated carbocycles. The lowest BCUT2D eigenvalue weighted by Gasteiger charge is -2.44. The zero-order valence-electron chi connectivity index (χ0n) is 17.9. The van der Waals surface area contributed by atoms with Crippen LogP contribution in [0.4, 0.5) is 11.4 Å². The lowest BCUT2D eigenvalue weighted by atomic mass is 9.72. The third kappa shape index (κ3) is 3.57. The van der Waals surface area contributed by atoms with Gasteiger partial charge in [-0.25, -0.2) is 0 Å². The van der Waals surface area contributed by atoms with Gasteiger partial charge in [0.15, 0.2) is 0 Å². The Balaban J connectivity index is 1.26. The first-order chi connectivity index (χ1) is 14.2. The average molecular weight is 397 g/mol. The number of nitrogens with zero attached hydrogens (tertiary/aromatic N) is 3. The van der Waals surface area contributed by atoms with Crippen LogP contribution in [-0.2, 0) is 4.79 Å². The lowest BCUT2D eigenvalue weighted by molar-refractivity contribution is -0.132. The van der Waals surface area contributed by atoms with Crippen LogP contribution in [0.3, 0.4) is 0 Å². The Kier molecular flexibility index (Phi) is 5.29. The second-order valence-corrected chi connectivity index (χ2v) is 9.72. The summed E-state index contributed by atoms with van der Waals surface area (Å²) in [4.78, 5) is 20.7. The molecule has 158 valence electrons. The van der Waals surface area contributed by atoms with Gasteiger partial charge in [0.25, 0.3) is 0 Å². The van der Waals surface area contributed by atoms with E-state index in [-0.39, 0.29) is 5.41 Å². The first-order valence-electron chi connectivity index (χ1n) is 11.8. The molecule has 29 heavy (non-hydrogen) atoms. The van der Waals surface area contributed by atoms with Crippen LogP contribution in [0.25, 0.3) is 0 Å². The van der Waals surface area contributed by atoms with Crippen LogP contribution in [0.1, 0.15) is 51.9 Å². The summed E-state index contributed by atoms with van der Waals surface area (Å²) in [5.41, 5.74) is 2.28. The second kappa shape index (κ2) is 7.92. The number of nitrogens with one attached hydrogen (secondary N) is 1. The molecule has 1 aromatic rings. The van der Waals surface area contributed by atoms with Crippen molar-refractivity contribution < 1.29 is 4.79 Å². The van der Waals surface area contributed by atoms with Gasteiger partial charge in [-0.15, -0.1) is 0 Å². The summed E-state index contributed by atoms with van der Waals surface area (Å²) in [5, 5.41) is 3.42. The standard InChI is InChI=1S/C24H36N4O/c1-19-4-2-15-27(19)22-9-17-26(18-22)20-5-7-21(8-6-20)28-16-3-10-24(23(28)29)11-13-25-14-12-24/h5-8,19,22,25H,2-4,9-18H2,1H3/t19-,22-/m0/s1. The van der Waals surface area contributed by atoms with Crippen LogP contribution in [0.15, 0.2) is 24.3 Å². The molecule has 4 fully saturated rings. The number of anilines is 2. The minimum absolute atomic E-state index is 0.114. The van der Waals surface area contributed by atoms with E-state index in [0.29, 0.717) is 11.9 Å². The number of piperidine rings is 2. The molecule has 1 spiro atoms. The van der Waals surface area contributed by atoms with Crippen molar-refractivity contribution in [3.63, 3.8) is 0 Å². The number of hydrogen-bond acceptors (Lipinski definition) is 4. The minimum Gasteiger partial charge on any atom is -0.370 e. The maximum atomic E-state index is 13.3. The van der Waals surface area contributed by atoms with Gasteiger partial charge < -0.3 is 15.1 Å². The number of carbonyl (C=O) groups is 1. The van der Waals surface area contributed by atoms with E-state index in [4.69, 9.17) is 0 Å². The van der Waals surface area contributed by atoms with Crippen LogP contribution >= 0.6 is 0 Å². The Morgan fingerprint density at radius 3 is 2.41 bits per heavy atom. The molecule has 1 N–H and O–H groups in total. The molecule has 0 aromatic heterocycles. The number of hydrogen-bond donors (Lipinski definition) is 1. The molecule has 5 nitrogen and oxygen atoms in total. The van der Waals surface area contributed by atoms with Crippen molar-refractivity contribution in [1.82, 2.24) is 10.2 Å². The number of benzene rings is 1. The van der Waals surface area contributed by atoms with Crippen molar-refractivity contribution in [2.24, 2.45) is 5.41 Å². The first kappa shape index (κ1) is 19.4. The summed E-state index contributed by atoms with van der Waals surface area (Å²) in [6, 6.07) is 10.3. The fraction of sp³-hybridized carbons (Fsp3) is 0.708. The molecule has 0 radical (unpaired) electrons. The van der Waals surface area contributed by atoms with E-state index in [2.05, 4.69) is 51.2 Å². The summed E-state index contributed by atoms with van der Waals surface area (Å²) in [7, 11) is 0. The predicted molar refractivity (Wildman–Crippen MR) is 119 cm³/mol. The lowest BCUT2D eigenvalue weighted by Crippen LogP contribution is -2.53. The molecule has 4 heterocycles. The summed E-state index contributed by atoms with van der Waals surface area (Å²) >= 11 is 0. The SMILES string of the molecule is C[C@H]1CCCN1[C@H]1CCN(c2ccc(N3CCCC4(CCNCC4)C3=O)cc2)C1. The van der Waals surface area contributed by atoms with E-state index in [1.165, 1.54) is 31.5 Å². The monoisotopic (exact) mass is 396 g/mol. The fourth-order valence-electron chi connectivity index (χ4n) is 6.27. The maximum absolute atomic E-state index is 13.3. The number of amides is 1. The summed E-state index contributed by atoms with van der Waals surface area (Å²) < 4.78 is 0. The van der Waals surface area contributed by atoms with Crippen LogP contribution in [0.5, 0.6) is 0 Å². The van der Waals surface area contributed by atoms with Crippen LogP contribution < -0.4 is 15.1 Å². The van der Waals surface area contributed by atoms with Gasteiger partial charge in [0.05, 0.1) is 5.41 Å². The zero-order chi connectivity index (χ0) is 19.8. The van der Waals surface area contributed by atoms with Crippen molar-refractivity contribution in [2.45, 2.75) is 64.0 Å². The first-order valence-corrected chi connectivity index (χ1v) is 11.8. The van der Waals surface area contributed by atoms with Gasteiger partial charge in [-0.1, -0.05) is 0 Å². The Morgan fingerprint density at radius 1 is 0.931 bits per heavy atom. The third-order valence-electron chi connectivity index (χ3n) is 8.06. The second-order valence-electron chi connectivity index (χ2n) is 9.72. The Hall–Kier alpha value is -1.59. The molecule has 0 bridgehead atoms. The number of carbonyl (C=O) groups excluding carboxylic acids is 1. The maximum Gasteiger partial charge on any atom is 0.233 e. The normalized spacial score (nSPS) is 30.4. The highest BCUT2D eigenvalue weighted by Gasteiger charge is 2.44. The van der Waals surface area contributed by atoms with Crippen molar-refractivity contribution in [2.75, 3.05) is 49.1 Å². The third-order valence-corrected chi connectivity index (χ3v) is 8.06. The zero-order valence-corrected chi connectivity index (χ0v) is 17.9. The van der Waals surface area contributed by atoms with E-state index >= 15 is 0 Å². The predicted octanol–water partition coefficient (Wildman–Crippen LogP) is 3.25. The number of likely N-dealkylation sites (tertiary alicyclic amines) is 1. The molecule has 1 amide bonds. The highest BCUT2D eigenvalue weighted by atomic mass is 16.2. The van der Waals surface area contributed by atoms with Gasteiger partial charge >= 0.3 is 0 Å². The topological polar surface area (TPSA) is 38.8 Å². The fourth-order valence-corrected chi connectivity index (χ4v) is 6.27. The van der Waals surface area contributed by atoms with E-state index < -0.39 is 0 Å². The Bertz CT molecular complexity index is 721. The van der Waals surface area contributed by atoms with Gasteiger partial charge in [0, 0.05) is 43.1 Å². The molecule has 0 aliphatic carbocycles. The Morgan fingerprint density at radius 2 is 1.69 bits per heavy atom. The quantitative estimate of drug-likeness (QED) is 0.851.